The molecule has 2 aromatic carbocycles. The van der Waals surface area contributed by atoms with Gasteiger partial charge in [-0.1, -0.05) is 60.7 Å². The van der Waals surface area contributed by atoms with Crippen molar-refractivity contribution in [1.82, 2.24) is 9.80 Å². The van der Waals surface area contributed by atoms with Crippen LogP contribution < -0.4 is 0 Å². The fourth-order valence-electron chi connectivity index (χ4n) is 4.51. The highest BCUT2D eigenvalue weighted by molar-refractivity contribution is 5.85. The minimum absolute atomic E-state index is 0. The van der Waals surface area contributed by atoms with Gasteiger partial charge in [-0.3, -0.25) is 9.80 Å². The number of carbonyl (C=O) groups excluding carboxylic acids is 2. The van der Waals surface area contributed by atoms with Gasteiger partial charge in [0, 0.05) is 50.1 Å². The van der Waals surface area contributed by atoms with Gasteiger partial charge in [0.15, 0.2) is 0 Å². The Morgan fingerprint density at radius 2 is 1.07 bits per heavy atom. The number of piperazine rings is 1. The molecule has 1 fully saturated rings. The zero-order valence-electron chi connectivity index (χ0n) is 17.6. The first-order valence-corrected chi connectivity index (χ1v) is 10.1. The van der Waals surface area contributed by atoms with Gasteiger partial charge in [-0.05, 0) is 25.0 Å². The van der Waals surface area contributed by atoms with Crippen LogP contribution >= 0.6 is 24.8 Å². The molecule has 1 heterocycles. The van der Waals surface area contributed by atoms with Crippen LogP contribution in [-0.4, -0.2) is 47.5 Å². The van der Waals surface area contributed by atoms with E-state index in [9.17, 15) is 9.59 Å². The molecule has 0 aliphatic carbocycles. The molecule has 0 saturated carbocycles. The maximum absolute atomic E-state index is 11.4. The molecule has 0 amide bonds. The topological polar surface area (TPSA) is 40.6 Å². The van der Waals surface area contributed by atoms with Crippen LogP contribution in [0.4, 0.5) is 0 Å². The van der Waals surface area contributed by atoms with Crippen LogP contribution in [0.2, 0.25) is 0 Å². The van der Waals surface area contributed by atoms with Crippen molar-refractivity contribution in [2.24, 2.45) is 0 Å². The highest BCUT2D eigenvalue weighted by Crippen LogP contribution is 2.34. The Labute approximate surface area is 192 Å². The average molecular weight is 451 g/mol. The standard InChI is InChI=1S/C24H30N2O2.2ClH/c1-19-17-26(24(14-16-28)22-11-7-4-8-12-22)20(2)18-25(19)23(13-15-27)21-9-5-3-6-10-21;;/h3-12,15-16,19-20,23-24H,13-14,17-18H2,1-2H3;2*1H. The van der Waals surface area contributed by atoms with Crippen molar-refractivity contribution in [1.29, 1.82) is 0 Å². The second-order valence-corrected chi connectivity index (χ2v) is 7.75. The van der Waals surface area contributed by atoms with Gasteiger partial charge in [-0.2, -0.15) is 0 Å². The van der Waals surface area contributed by atoms with Crippen LogP contribution in [0.15, 0.2) is 60.7 Å². The molecule has 6 heteroatoms. The Morgan fingerprint density at radius 1 is 0.733 bits per heavy atom. The number of nitrogens with zero attached hydrogens (tertiary/aromatic N) is 2. The molecule has 3 rings (SSSR count). The lowest BCUT2D eigenvalue weighted by Crippen LogP contribution is -2.57. The monoisotopic (exact) mass is 450 g/mol. The lowest BCUT2D eigenvalue weighted by atomic mass is 9.94. The summed E-state index contributed by atoms with van der Waals surface area (Å²) in [5, 5.41) is 0. The van der Waals surface area contributed by atoms with Gasteiger partial charge in [0.05, 0.1) is 0 Å². The molecule has 1 saturated heterocycles. The number of rotatable bonds is 8. The van der Waals surface area contributed by atoms with Crippen molar-refractivity contribution in [2.75, 3.05) is 13.1 Å². The third kappa shape index (κ3) is 6.14. The Hall–Kier alpha value is -1.72. The molecule has 30 heavy (non-hydrogen) atoms. The number of halogens is 2. The summed E-state index contributed by atoms with van der Waals surface area (Å²) in [5.74, 6) is 0. The fraction of sp³-hybridized carbons (Fsp3) is 0.417. The maximum atomic E-state index is 11.4. The van der Waals surface area contributed by atoms with E-state index in [0.717, 1.165) is 25.7 Å². The Kier molecular flexibility index (Phi) is 11.3. The van der Waals surface area contributed by atoms with E-state index >= 15 is 0 Å². The number of hydrogen-bond acceptors (Lipinski definition) is 4. The van der Waals surface area contributed by atoms with Gasteiger partial charge < -0.3 is 9.59 Å². The van der Waals surface area contributed by atoms with Crippen molar-refractivity contribution in [2.45, 2.75) is 50.9 Å². The summed E-state index contributed by atoms with van der Waals surface area (Å²) in [5.41, 5.74) is 2.38. The third-order valence-corrected chi connectivity index (χ3v) is 5.89. The first kappa shape index (κ1) is 26.3. The van der Waals surface area contributed by atoms with Crippen LogP contribution in [0, 0.1) is 0 Å². The first-order valence-electron chi connectivity index (χ1n) is 10.1. The SMILES string of the molecule is CC1CN(C(CC=O)c2ccccc2)C(C)CN1C(CC=O)c1ccccc1.Cl.Cl. The van der Waals surface area contributed by atoms with Gasteiger partial charge >= 0.3 is 0 Å². The van der Waals surface area contributed by atoms with Gasteiger partial charge in [0.2, 0.25) is 0 Å². The maximum Gasteiger partial charge on any atom is 0.121 e. The minimum Gasteiger partial charge on any atom is -0.303 e. The lowest BCUT2D eigenvalue weighted by Gasteiger charge is -2.49. The molecule has 4 nitrogen and oxygen atoms in total. The Bertz CT molecular complexity index is 695. The summed E-state index contributed by atoms with van der Waals surface area (Å²) in [4.78, 5) is 27.7. The number of carbonyl (C=O) groups is 2. The molecule has 1 aliphatic heterocycles. The molecule has 0 aromatic heterocycles. The summed E-state index contributed by atoms with van der Waals surface area (Å²) in [6.07, 6.45) is 3.05. The highest BCUT2D eigenvalue weighted by atomic mass is 35.5. The van der Waals surface area contributed by atoms with E-state index in [0.29, 0.717) is 24.9 Å². The quantitative estimate of drug-likeness (QED) is 0.536. The van der Waals surface area contributed by atoms with Crippen molar-refractivity contribution < 1.29 is 9.59 Å². The predicted octanol–water partition coefficient (Wildman–Crippen LogP) is 4.89. The molecule has 2 aromatic rings. The Balaban J connectivity index is 0.00000225. The van der Waals surface area contributed by atoms with Crippen LogP contribution in [0.1, 0.15) is 49.9 Å². The minimum atomic E-state index is 0. The molecular weight excluding hydrogens is 419 g/mol. The van der Waals surface area contributed by atoms with Crippen LogP contribution in [-0.2, 0) is 9.59 Å². The van der Waals surface area contributed by atoms with Gasteiger partial charge in [-0.25, -0.2) is 0 Å². The van der Waals surface area contributed by atoms with E-state index in [2.05, 4.69) is 47.9 Å². The summed E-state index contributed by atoms with van der Waals surface area (Å²) in [7, 11) is 0. The highest BCUT2D eigenvalue weighted by Gasteiger charge is 2.36. The van der Waals surface area contributed by atoms with E-state index in [1.807, 2.05) is 36.4 Å². The largest absolute Gasteiger partial charge is 0.303 e. The molecule has 164 valence electrons. The number of aldehydes is 2. The summed E-state index contributed by atoms with van der Waals surface area (Å²) >= 11 is 0. The van der Waals surface area contributed by atoms with Gasteiger partial charge in [0.25, 0.3) is 0 Å². The zero-order valence-corrected chi connectivity index (χ0v) is 19.2. The van der Waals surface area contributed by atoms with Crippen molar-refractivity contribution in [3.05, 3.63) is 71.8 Å². The molecule has 4 unspecified atom stereocenters. The van der Waals surface area contributed by atoms with E-state index in [1.165, 1.54) is 11.1 Å². The van der Waals surface area contributed by atoms with Crippen LogP contribution in [0.3, 0.4) is 0 Å². The molecule has 0 bridgehead atoms. The van der Waals surface area contributed by atoms with Crippen LogP contribution in [0.25, 0.3) is 0 Å². The van der Waals surface area contributed by atoms with E-state index in [1.54, 1.807) is 0 Å². The van der Waals surface area contributed by atoms with Gasteiger partial charge in [0.1, 0.15) is 12.6 Å². The summed E-state index contributed by atoms with van der Waals surface area (Å²) in [6, 6.07) is 21.4. The van der Waals surface area contributed by atoms with E-state index < -0.39 is 0 Å². The fourth-order valence-corrected chi connectivity index (χ4v) is 4.51. The zero-order chi connectivity index (χ0) is 19.9. The molecule has 1 aliphatic rings. The van der Waals surface area contributed by atoms with Crippen molar-refractivity contribution in [3.63, 3.8) is 0 Å². The van der Waals surface area contributed by atoms with Gasteiger partial charge in [-0.15, -0.1) is 24.8 Å². The van der Waals surface area contributed by atoms with Crippen molar-refractivity contribution >= 4 is 37.4 Å². The molecule has 0 spiro atoms. The summed E-state index contributed by atoms with van der Waals surface area (Å²) < 4.78 is 0. The third-order valence-electron chi connectivity index (χ3n) is 5.89. The molecule has 4 atom stereocenters. The smallest absolute Gasteiger partial charge is 0.121 e. The summed E-state index contributed by atoms with van der Waals surface area (Å²) in [6.45, 7) is 6.19. The molecule has 0 radical (unpaired) electrons. The Morgan fingerprint density at radius 3 is 1.37 bits per heavy atom. The predicted molar refractivity (Wildman–Crippen MR) is 127 cm³/mol. The van der Waals surface area contributed by atoms with Crippen LogP contribution in [0.5, 0.6) is 0 Å². The lowest BCUT2D eigenvalue weighted by molar-refractivity contribution is -0.111. The number of hydrogen-bond donors (Lipinski definition) is 0. The van der Waals surface area contributed by atoms with E-state index in [4.69, 9.17) is 0 Å². The second kappa shape index (κ2) is 12.9. The number of benzene rings is 2. The normalized spacial score (nSPS) is 21.5. The molecule has 0 N–H and O–H groups in total. The second-order valence-electron chi connectivity index (χ2n) is 7.75. The average Bonchev–Trinajstić information content (AvgIpc) is 2.73. The van der Waals surface area contributed by atoms with E-state index in [-0.39, 0.29) is 36.9 Å². The first-order chi connectivity index (χ1) is 13.7. The molecular formula is C24H32Cl2N2O2. The van der Waals surface area contributed by atoms with Crippen molar-refractivity contribution in [3.8, 4) is 0 Å².